The van der Waals surface area contributed by atoms with Crippen molar-refractivity contribution in [1.82, 2.24) is 9.97 Å². The van der Waals surface area contributed by atoms with Crippen LogP contribution in [0.3, 0.4) is 0 Å². The number of aliphatic carboxylic acids is 1. The lowest BCUT2D eigenvalue weighted by Gasteiger charge is -2.19. The largest absolute Gasteiger partial charge is 0.481 e. The number of aromatic nitrogens is 2. The van der Waals surface area contributed by atoms with Crippen LogP contribution >= 0.6 is 0 Å². The molecule has 0 amide bonds. The van der Waals surface area contributed by atoms with Gasteiger partial charge in [0.05, 0.1) is 11.5 Å². The van der Waals surface area contributed by atoms with Crippen LogP contribution in [0.1, 0.15) is 45.2 Å². The fourth-order valence-electron chi connectivity index (χ4n) is 4.70. The van der Waals surface area contributed by atoms with E-state index in [1.165, 1.54) is 0 Å². The lowest BCUT2D eigenvalue weighted by molar-refractivity contribution is -0.136. The number of para-hydroxylation sites is 2. The van der Waals surface area contributed by atoms with Gasteiger partial charge in [0.15, 0.2) is 0 Å². The van der Waals surface area contributed by atoms with Gasteiger partial charge < -0.3 is 20.2 Å². The molecule has 0 aliphatic heterocycles. The molecule has 1 unspecified atom stereocenters. The quantitative estimate of drug-likeness (QED) is 0.267. The molecule has 5 rings (SSSR count). The Morgan fingerprint density at radius 3 is 1.97 bits per heavy atom. The number of H-pyrrole nitrogens is 2. The molecule has 6 nitrogen and oxygen atoms in total. The predicted octanol–water partition coefficient (Wildman–Crippen LogP) is 5.54. The Morgan fingerprint density at radius 1 is 0.727 bits per heavy atom. The summed E-state index contributed by atoms with van der Waals surface area (Å²) >= 11 is 0. The molecule has 2 aromatic heterocycles. The number of aryl methyl sites for hydroxylation is 1. The third-order valence-electron chi connectivity index (χ3n) is 6.09. The van der Waals surface area contributed by atoms with Gasteiger partial charge in [-0.1, -0.05) is 66.7 Å². The molecule has 0 spiro atoms. The van der Waals surface area contributed by atoms with Crippen LogP contribution in [0, 0.1) is 0 Å². The molecule has 6 heteroatoms. The number of benzene rings is 3. The summed E-state index contributed by atoms with van der Waals surface area (Å²) < 4.78 is 0. The van der Waals surface area contributed by atoms with Crippen molar-refractivity contribution < 1.29 is 19.8 Å². The van der Waals surface area contributed by atoms with E-state index in [1.807, 2.05) is 72.8 Å². The monoisotopic (exact) mass is 438 g/mol. The lowest BCUT2D eigenvalue weighted by atomic mass is 9.86. The SMILES string of the molecule is O=C(O)CCc1c(C(c2ccccc2)c2[nH]c3ccccc3c2C(=O)O)[nH]c2ccccc12. The third-order valence-corrected chi connectivity index (χ3v) is 6.09. The maximum absolute atomic E-state index is 12.4. The molecule has 33 heavy (non-hydrogen) atoms. The Hall–Kier alpha value is -4.32. The summed E-state index contributed by atoms with van der Waals surface area (Å²) in [5.41, 5.74) is 5.03. The van der Waals surface area contributed by atoms with Crippen molar-refractivity contribution in [3.05, 3.63) is 107 Å². The average molecular weight is 438 g/mol. The first kappa shape index (κ1) is 20.6. The summed E-state index contributed by atoms with van der Waals surface area (Å²) in [6.07, 6.45) is 0.315. The molecule has 4 N–H and O–H groups in total. The number of hydrogen-bond acceptors (Lipinski definition) is 2. The molecule has 164 valence electrons. The van der Waals surface area contributed by atoms with Gasteiger partial charge in [-0.2, -0.15) is 0 Å². The topological polar surface area (TPSA) is 106 Å². The molecule has 0 bridgehead atoms. The van der Waals surface area contributed by atoms with E-state index >= 15 is 0 Å². The van der Waals surface area contributed by atoms with Crippen LogP contribution in [0.2, 0.25) is 0 Å². The van der Waals surface area contributed by atoms with Crippen LogP contribution in [-0.4, -0.2) is 32.1 Å². The summed E-state index contributed by atoms with van der Waals surface area (Å²) in [6.45, 7) is 0. The zero-order valence-corrected chi connectivity index (χ0v) is 17.7. The Labute approximate surface area is 189 Å². The molecule has 5 aromatic rings. The standard InChI is InChI=1S/C27H22N2O4/c30-22(31)15-14-18-17-10-4-6-12-20(17)28-25(18)23(16-8-2-1-3-9-16)26-24(27(32)33)19-11-5-7-13-21(19)29-26/h1-13,23,28-29H,14-15H2,(H,30,31)(H,32,33). The second-order valence-electron chi connectivity index (χ2n) is 8.06. The molecule has 3 aromatic carbocycles. The zero-order valence-electron chi connectivity index (χ0n) is 17.7. The molecule has 0 saturated heterocycles. The molecule has 0 radical (unpaired) electrons. The number of carbonyl (C=O) groups is 2. The number of aromatic carboxylic acids is 1. The first-order chi connectivity index (χ1) is 16.0. The van der Waals surface area contributed by atoms with Gasteiger partial charge >= 0.3 is 11.9 Å². The number of nitrogens with one attached hydrogen (secondary N) is 2. The van der Waals surface area contributed by atoms with Gasteiger partial charge in [0, 0.05) is 39.6 Å². The van der Waals surface area contributed by atoms with E-state index in [1.54, 1.807) is 6.07 Å². The number of aromatic amines is 2. The normalized spacial score (nSPS) is 12.2. The van der Waals surface area contributed by atoms with Crippen molar-refractivity contribution in [3.63, 3.8) is 0 Å². The minimum Gasteiger partial charge on any atom is -0.481 e. The zero-order chi connectivity index (χ0) is 22.9. The van der Waals surface area contributed by atoms with E-state index in [0.29, 0.717) is 17.5 Å². The van der Waals surface area contributed by atoms with Gasteiger partial charge in [-0.15, -0.1) is 0 Å². The highest BCUT2D eigenvalue weighted by molar-refractivity contribution is 6.05. The van der Waals surface area contributed by atoms with Crippen LogP contribution < -0.4 is 0 Å². The van der Waals surface area contributed by atoms with Gasteiger partial charge in [0.25, 0.3) is 0 Å². The average Bonchev–Trinajstić information content (AvgIpc) is 3.37. The Morgan fingerprint density at radius 2 is 1.30 bits per heavy atom. The lowest BCUT2D eigenvalue weighted by Crippen LogP contribution is -2.12. The van der Waals surface area contributed by atoms with Crippen molar-refractivity contribution in [2.24, 2.45) is 0 Å². The summed E-state index contributed by atoms with van der Waals surface area (Å²) in [7, 11) is 0. The van der Waals surface area contributed by atoms with Crippen LogP contribution in [0.15, 0.2) is 78.9 Å². The number of hydrogen-bond donors (Lipinski definition) is 4. The Bertz CT molecular complexity index is 1480. The molecule has 0 fully saturated rings. The Kier molecular flexibility index (Phi) is 5.18. The maximum Gasteiger partial charge on any atom is 0.338 e. The van der Waals surface area contributed by atoms with E-state index in [0.717, 1.165) is 33.2 Å². The van der Waals surface area contributed by atoms with E-state index in [2.05, 4.69) is 9.97 Å². The fraction of sp³-hybridized carbons (Fsp3) is 0.111. The van der Waals surface area contributed by atoms with E-state index < -0.39 is 17.9 Å². The van der Waals surface area contributed by atoms with Crippen molar-refractivity contribution in [3.8, 4) is 0 Å². The maximum atomic E-state index is 12.4. The van der Waals surface area contributed by atoms with Gasteiger partial charge in [0.2, 0.25) is 0 Å². The molecular weight excluding hydrogens is 416 g/mol. The summed E-state index contributed by atoms with van der Waals surface area (Å²) in [5.74, 6) is -2.33. The van der Waals surface area contributed by atoms with Gasteiger partial charge in [-0.05, 0) is 29.7 Å². The molecular formula is C27H22N2O4. The third kappa shape index (κ3) is 3.65. The fourth-order valence-corrected chi connectivity index (χ4v) is 4.70. The summed E-state index contributed by atoms with van der Waals surface area (Å²) in [5, 5.41) is 21.1. The number of fused-ring (bicyclic) bond motifs is 2. The minimum atomic E-state index is -1.01. The summed E-state index contributed by atoms with van der Waals surface area (Å²) in [6, 6.07) is 24.8. The van der Waals surface area contributed by atoms with Crippen molar-refractivity contribution in [1.29, 1.82) is 0 Å². The molecule has 1 atom stereocenters. The van der Waals surface area contributed by atoms with Crippen molar-refractivity contribution in [2.45, 2.75) is 18.8 Å². The first-order valence-electron chi connectivity index (χ1n) is 10.7. The van der Waals surface area contributed by atoms with Crippen LogP contribution in [-0.2, 0) is 11.2 Å². The number of rotatable bonds is 7. The van der Waals surface area contributed by atoms with Gasteiger partial charge in [-0.3, -0.25) is 4.79 Å². The highest BCUT2D eigenvalue weighted by Crippen LogP contribution is 2.40. The van der Waals surface area contributed by atoms with E-state index in [4.69, 9.17) is 0 Å². The highest BCUT2D eigenvalue weighted by atomic mass is 16.4. The van der Waals surface area contributed by atoms with Crippen LogP contribution in [0.5, 0.6) is 0 Å². The second-order valence-corrected chi connectivity index (χ2v) is 8.06. The first-order valence-corrected chi connectivity index (χ1v) is 10.7. The second kappa shape index (κ2) is 8.31. The van der Waals surface area contributed by atoms with E-state index in [9.17, 15) is 19.8 Å². The number of carboxylic acid groups (broad SMARTS) is 2. The van der Waals surface area contributed by atoms with Crippen LogP contribution in [0.4, 0.5) is 0 Å². The molecule has 0 aliphatic carbocycles. The van der Waals surface area contributed by atoms with Crippen molar-refractivity contribution in [2.75, 3.05) is 0 Å². The Balaban J connectivity index is 1.82. The number of carboxylic acids is 2. The van der Waals surface area contributed by atoms with Crippen LogP contribution in [0.25, 0.3) is 21.8 Å². The smallest absolute Gasteiger partial charge is 0.338 e. The van der Waals surface area contributed by atoms with E-state index in [-0.39, 0.29) is 12.0 Å². The molecule has 0 aliphatic rings. The summed E-state index contributed by atoms with van der Waals surface area (Å²) in [4.78, 5) is 30.7. The minimum absolute atomic E-state index is 0.0190. The highest BCUT2D eigenvalue weighted by Gasteiger charge is 2.30. The molecule has 0 saturated carbocycles. The molecule has 2 heterocycles. The van der Waals surface area contributed by atoms with Gasteiger partial charge in [-0.25, -0.2) is 4.79 Å². The predicted molar refractivity (Wildman–Crippen MR) is 127 cm³/mol. The van der Waals surface area contributed by atoms with Crippen molar-refractivity contribution >= 4 is 33.7 Å². The van der Waals surface area contributed by atoms with Gasteiger partial charge in [0.1, 0.15) is 0 Å².